The number of alkyl halides is 3. The topological polar surface area (TPSA) is 21.3 Å². The Balaban J connectivity index is 2.57. The van der Waals surface area contributed by atoms with Gasteiger partial charge in [-0.2, -0.15) is 0 Å². The number of rotatable bonds is 6. The molecule has 2 nitrogen and oxygen atoms in total. The van der Waals surface area contributed by atoms with E-state index in [1.165, 1.54) is 12.1 Å². The van der Waals surface area contributed by atoms with Gasteiger partial charge in [0.25, 0.3) is 0 Å². The van der Waals surface area contributed by atoms with Crippen molar-refractivity contribution in [3.05, 3.63) is 29.8 Å². The van der Waals surface area contributed by atoms with Crippen molar-refractivity contribution >= 4 is 0 Å². The summed E-state index contributed by atoms with van der Waals surface area (Å²) in [4.78, 5) is 0. The molecule has 0 heterocycles. The zero-order chi connectivity index (χ0) is 15.3. The van der Waals surface area contributed by atoms with Gasteiger partial charge < -0.3 is 10.1 Å². The van der Waals surface area contributed by atoms with E-state index in [0.29, 0.717) is 18.0 Å². The predicted molar refractivity (Wildman–Crippen MR) is 73.7 cm³/mol. The van der Waals surface area contributed by atoms with E-state index >= 15 is 0 Å². The van der Waals surface area contributed by atoms with Gasteiger partial charge in [-0.15, -0.1) is 13.2 Å². The SMILES string of the molecule is CC(C)NC(C)C(C)Cc1ccc(OC(F)(F)F)cc1. The highest BCUT2D eigenvalue weighted by molar-refractivity contribution is 5.27. The van der Waals surface area contributed by atoms with Gasteiger partial charge >= 0.3 is 6.36 Å². The Hall–Kier alpha value is -1.23. The molecule has 1 aromatic carbocycles. The van der Waals surface area contributed by atoms with Gasteiger partial charge in [0, 0.05) is 12.1 Å². The summed E-state index contributed by atoms with van der Waals surface area (Å²) < 4.78 is 40.0. The lowest BCUT2D eigenvalue weighted by Crippen LogP contribution is -2.37. The van der Waals surface area contributed by atoms with E-state index in [9.17, 15) is 13.2 Å². The molecule has 5 heteroatoms. The number of hydrogen-bond acceptors (Lipinski definition) is 2. The Morgan fingerprint density at radius 2 is 1.60 bits per heavy atom. The summed E-state index contributed by atoms with van der Waals surface area (Å²) in [5.74, 6) is 0.217. The van der Waals surface area contributed by atoms with Crippen LogP contribution >= 0.6 is 0 Å². The van der Waals surface area contributed by atoms with Gasteiger partial charge in [0.05, 0.1) is 0 Å². The molecule has 0 aliphatic carbocycles. The van der Waals surface area contributed by atoms with E-state index in [0.717, 1.165) is 12.0 Å². The van der Waals surface area contributed by atoms with Gasteiger partial charge in [-0.05, 0) is 37.0 Å². The number of halogens is 3. The molecule has 0 aliphatic rings. The summed E-state index contributed by atoms with van der Waals surface area (Å²) in [6.45, 7) is 8.42. The molecule has 2 unspecified atom stereocenters. The van der Waals surface area contributed by atoms with E-state index in [2.05, 4.69) is 37.7 Å². The molecule has 114 valence electrons. The van der Waals surface area contributed by atoms with Crippen LogP contribution in [0.1, 0.15) is 33.3 Å². The minimum absolute atomic E-state index is 0.178. The highest BCUT2D eigenvalue weighted by Gasteiger charge is 2.30. The molecule has 20 heavy (non-hydrogen) atoms. The summed E-state index contributed by atoms with van der Waals surface area (Å²) in [6.07, 6.45) is -3.82. The van der Waals surface area contributed by atoms with Crippen LogP contribution in [0.4, 0.5) is 13.2 Å². The fourth-order valence-electron chi connectivity index (χ4n) is 2.07. The molecule has 0 saturated heterocycles. The molecule has 0 saturated carbocycles. The van der Waals surface area contributed by atoms with Gasteiger partial charge in [0.15, 0.2) is 0 Å². The molecule has 1 N–H and O–H groups in total. The highest BCUT2D eigenvalue weighted by atomic mass is 19.4. The summed E-state index contributed by atoms with van der Waals surface area (Å²) in [7, 11) is 0. The number of benzene rings is 1. The largest absolute Gasteiger partial charge is 0.573 e. The third-order valence-electron chi connectivity index (χ3n) is 3.16. The van der Waals surface area contributed by atoms with E-state index in [-0.39, 0.29) is 5.75 Å². The summed E-state index contributed by atoms with van der Waals surface area (Å²) in [5, 5.41) is 3.43. The van der Waals surface area contributed by atoms with Gasteiger partial charge in [0.2, 0.25) is 0 Å². The Morgan fingerprint density at radius 3 is 2.05 bits per heavy atom. The maximum Gasteiger partial charge on any atom is 0.573 e. The standard InChI is InChI=1S/C15H22F3NO/c1-10(2)19-12(4)11(3)9-13-5-7-14(8-6-13)20-15(16,17)18/h5-8,10-12,19H,9H2,1-4H3. The van der Waals surface area contributed by atoms with Crippen LogP contribution in [0.15, 0.2) is 24.3 Å². The normalized spacial score (nSPS) is 15.2. The monoisotopic (exact) mass is 289 g/mol. The van der Waals surface area contributed by atoms with Gasteiger partial charge in [-0.25, -0.2) is 0 Å². The van der Waals surface area contributed by atoms with Crippen molar-refractivity contribution in [1.82, 2.24) is 5.32 Å². The van der Waals surface area contributed by atoms with Crippen molar-refractivity contribution in [2.45, 2.75) is 52.6 Å². The number of hydrogen-bond donors (Lipinski definition) is 1. The third kappa shape index (κ3) is 6.28. The minimum atomic E-state index is -4.63. The van der Waals surface area contributed by atoms with E-state index < -0.39 is 6.36 Å². The molecular formula is C15H22F3NO. The minimum Gasteiger partial charge on any atom is -0.406 e. The molecule has 0 bridgehead atoms. The van der Waals surface area contributed by atoms with Crippen LogP contribution in [-0.4, -0.2) is 18.4 Å². The predicted octanol–water partition coefficient (Wildman–Crippen LogP) is 4.15. The van der Waals surface area contributed by atoms with Gasteiger partial charge in [0.1, 0.15) is 5.75 Å². The fourth-order valence-corrected chi connectivity index (χ4v) is 2.07. The second-order valence-corrected chi connectivity index (χ2v) is 5.48. The highest BCUT2D eigenvalue weighted by Crippen LogP contribution is 2.23. The van der Waals surface area contributed by atoms with Crippen molar-refractivity contribution in [3.8, 4) is 5.75 Å². The molecule has 0 aliphatic heterocycles. The summed E-state index contributed by atoms with van der Waals surface area (Å²) >= 11 is 0. The third-order valence-corrected chi connectivity index (χ3v) is 3.16. The first-order valence-corrected chi connectivity index (χ1v) is 6.78. The Kier molecular flexibility index (Phi) is 5.87. The molecule has 1 aromatic rings. The summed E-state index contributed by atoms with van der Waals surface area (Å²) in [5.41, 5.74) is 1.00. The van der Waals surface area contributed by atoms with Crippen molar-refractivity contribution < 1.29 is 17.9 Å². The van der Waals surface area contributed by atoms with Crippen LogP contribution in [-0.2, 0) is 6.42 Å². The lowest BCUT2D eigenvalue weighted by atomic mass is 9.94. The summed E-state index contributed by atoms with van der Waals surface area (Å²) in [6, 6.07) is 6.84. The van der Waals surface area contributed by atoms with Crippen LogP contribution in [0.25, 0.3) is 0 Å². The van der Waals surface area contributed by atoms with Crippen LogP contribution < -0.4 is 10.1 Å². The van der Waals surface area contributed by atoms with Crippen molar-refractivity contribution in [2.75, 3.05) is 0 Å². The Bertz CT molecular complexity index is 401. The van der Waals surface area contributed by atoms with Gasteiger partial charge in [-0.3, -0.25) is 0 Å². The lowest BCUT2D eigenvalue weighted by molar-refractivity contribution is -0.274. The maximum atomic E-state index is 12.0. The number of nitrogens with one attached hydrogen (secondary N) is 1. The lowest BCUT2D eigenvalue weighted by Gasteiger charge is -2.23. The molecular weight excluding hydrogens is 267 g/mol. The van der Waals surface area contributed by atoms with Crippen LogP contribution in [0.2, 0.25) is 0 Å². The van der Waals surface area contributed by atoms with Crippen LogP contribution in [0.5, 0.6) is 5.75 Å². The first-order chi connectivity index (χ1) is 9.17. The molecule has 0 spiro atoms. The van der Waals surface area contributed by atoms with Crippen molar-refractivity contribution in [1.29, 1.82) is 0 Å². The maximum absolute atomic E-state index is 12.0. The average Bonchev–Trinajstić information content (AvgIpc) is 2.28. The molecule has 0 radical (unpaired) electrons. The van der Waals surface area contributed by atoms with E-state index in [1.54, 1.807) is 12.1 Å². The smallest absolute Gasteiger partial charge is 0.406 e. The van der Waals surface area contributed by atoms with Crippen molar-refractivity contribution in [3.63, 3.8) is 0 Å². The van der Waals surface area contributed by atoms with Crippen LogP contribution in [0, 0.1) is 5.92 Å². The quantitative estimate of drug-likeness (QED) is 0.849. The number of ether oxygens (including phenoxy) is 1. The fraction of sp³-hybridized carbons (Fsp3) is 0.600. The zero-order valence-electron chi connectivity index (χ0n) is 12.3. The molecule has 0 amide bonds. The van der Waals surface area contributed by atoms with Crippen LogP contribution in [0.3, 0.4) is 0 Å². The first kappa shape index (κ1) is 16.8. The molecule has 0 fully saturated rings. The van der Waals surface area contributed by atoms with Gasteiger partial charge in [-0.1, -0.05) is 32.9 Å². The van der Waals surface area contributed by atoms with E-state index in [1.807, 2.05) is 0 Å². The Morgan fingerprint density at radius 1 is 1.05 bits per heavy atom. The first-order valence-electron chi connectivity index (χ1n) is 6.78. The average molecular weight is 289 g/mol. The second-order valence-electron chi connectivity index (χ2n) is 5.48. The Labute approximate surface area is 118 Å². The van der Waals surface area contributed by atoms with Crippen molar-refractivity contribution in [2.24, 2.45) is 5.92 Å². The molecule has 2 atom stereocenters. The van der Waals surface area contributed by atoms with E-state index in [4.69, 9.17) is 0 Å². The molecule has 1 rings (SSSR count). The zero-order valence-corrected chi connectivity index (χ0v) is 12.3. The molecule has 0 aromatic heterocycles. The second kappa shape index (κ2) is 6.97.